The molecule has 0 saturated carbocycles. The number of hydrogen-bond donors (Lipinski definition) is 1. The van der Waals surface area contributed by atoms with Gasteiger partial charge in [0.25, 0.3) is 0 Å². The van der Waals surface area contributed by atoms with Gasteiger partial charge in [-0.15, -0.1) is 11.3 Å². The molecule has 4 nitrogen and oxygen atoms in total. The quantitative estimate of drug-likeness (QED) is 0.684. The number of aryl methyl sites for hydroxylation is 2. The lowest BCUT2D eigenvalue weighted by Gasteiger charge is -2.21. The monoisotopic (exact) mass is 342 g/mol. The van der Waals surface area contributed by atoms with Crippen molar-refractivity contribution in [1.29, 1.82) is 0 Å². The fourth-order valence-electron chi connectivity index (χ4n) is 3.24. The molecule has 5 heteroatoms. The van der Waals surface area contributed by atoms with Crippen molar-refractivity contribution in [1.82, 2.24) is 15.2 Å². The Bertz CT molecular complexity index is 673. The Hall–Kier alpha value is -1.88. The van der Waals surface area contributed by atoms with E-state index < -0.39 is 0 Å². The van der Waals surface area contributed by atoms with Gasteiger partial charge in [-0.05, 0) is 38.2 Å². The molecule has 1 aliphatic rings. The number of nitrogens with one attached hydrogen (secondary N) is 1. The van der Waals surface area contributed by atoms with Gasteiger partial charge in [-0.2, -0.15) is 0 Å². The molecule has 1 aliphatic heterocycles. The van der Waals surface area contributed by atoms with Crippen LogP contribution in [0.5, 0.6) is 0 Å². The van der Waals surface area contributed by atoms with Crippen molar-refractivity contribution in [2.75, 3.05) is 20.1 Å². The Labute approximate surface area is 148 Å². The Morgan fingerprint density at radius 3 is 2.79 bits per heavy atom. The van der Waals surface area contributed by atoms with E-state index in [1.54, 1.807) is 11.3 Å². The van der Waals surface area contributed by atoms with Crippen LogP contribution in [0.4, 0.5) is 0 Å². The average molecular weight is 343 g/mol. The second-order valence-corrected chi connectivity index (χ2v) is 7.73. The van der Waals surface area contributed by atoms with Gasteiger partial charge in [0.15, 0.2) is 5.96 Å². The van der Waals surface area contributed by atoms with E-state index in [1.807, 2.05) is 7.05 Å². The lowest BCUT2D eigenvalue weighted by atomic mass is 9.99. The summed E-state index contributed by atoms with van der Waals surface area (Å²) in [6.07, 6.45) is 2.38. The van der Waals surface area contributed by atoms with E-state index in [0.29, 0.717) is 5.92 Å². The number of hydrogen-bond acceptors (Lipinski definition) is 3. The highest BCUT2D eigenvalue weighted by atomic mass is 32.1. The third-order valence-electron chi connectivity index (χ3n) is 4.63. The maximum atomic E-state index is 4.60. The largest absolute Gasteiger partial charge is 0.350 e. The number of aliphatic imine (C=N–C) groups is 1. The summed E-state index contributed by atoms with van der Waals surface area (Å²) in [7, 11) is 1.87. The summed E-state index contributed by atoms with van der Waals surface area (Å²) >= 11 is 1.76. The van der Waals surface area contributed by atoms with E-state index in [4.69, 9.17) is 0 Å². The zero-order chi connectivity index (χ0) is 16.9. The highest BCUT2D eigenvalue weighted by Crippen LogP contribution is 2.21. The first-order valence-corrected chi connectivity index (χ1v) is 9.39. The molecule has 0 bridgehead atoms. The van der Waals surface area contributed by atoms with Crippen molar-refractivity contribution in [3.63, 3.8) is 0 Å². The van der Waals surface area contributed by atoms with Gasteiger partial charge in [0.1, 0.15) is 5.01 Å². The fourth-order valence-corrected chi connectivity index (χ4v) is 4.11. The van der Waals surface area contributed by atoms with E-state index in [0.717, 1.165) is 42.7 Å². The van der Waals surface area contributed by atoms with E-state index in [9.17, 15) is 0 Å². The van der Waals surface area contributed by atoms with Gasteiger partial charge < -0.3 is 10.2 Å². The van der Waals surface area contributed by atoms with Gasteiger partial charge in [-0.1, -0.05) is 30.3 Å². The fraction of sp³-hybridized carbons (Fsp3) is 0.474. The van der Waals surface area contributed by atoms with Crippen LogP contribution in [-0.2, 0) is 13.0 Å². The van der Waals surface area contributed by atoms with Crippen molar-refractivity contribution in [3.8, 4) is 0 Å². The van der Waals surface area contributed by atoms with Crippen molar-refractivity contribution in [3.05, 3.63) is 51.5 Å². The van der Waals surface area contributed by atoms with E-state index in [1.165, 1.54) is 16.9 Å². The third-order valence-corrected chi connectivity index (χ3v) is 5.71. The van der Waals surface area contributed by atoms with Crippen LogP contribution in [0.15, 0.2) is 35.3 Å². The van der Waals surface area contributed by atoms with Crippen LogP contribution < -0.4 is 5.32 Å². The SMILES string of the molecule is CN=C(NCc1nc(C)c(C)s1)N1CCC(Cc2ccccc2)C1. The molecule has 1 fully saturated rings. The van der Waals surface area contributed by atoms with Crippen LogP contribution in [-0.4, -0.2) is 36.0 Å². The van der Waals surface area contributed by atoms with Gasteiger partial charge in [0.2, 0.25) is 0 Å². The molecule has 2 heterocycles. The van der Waals surface area contributed by atoms with Crippen molar-refractivity contribution < 1.29 is 0 Å². The minimum Gasteiger partial charge on any atom is -0.350 e. The Balaban J connectivity index is 1.53. The molecular formula is C19H26N4S. The summed E-state index contributed by atoms with van der Waals surface area (Å²) in [5.41, 5.74) is 2.57. The highest BCUT2D eigenvalue weighted by molar-refractivity contribution is 7.11. The summed E-state index contributed by atoms with van der Waals surface area (Å²) in [5.74, 6) is 1.70. The van der Waals surface area contributed by atoms with Crippen molar-refractivity contribution in [2.45, 2.75) is 33.2 Å². The minimum atomic E-state index is 0.704. The van der Waals surface area contributed by atoms with Crippen molar-refractivity contribution in [2.24, 2.45) is 10.9 Å². The number of benzene rings is 1. The Kier molecular flexibility index (Phi) is 5.51. The van der Waals surface area contributed by atoms with Crippen LogP contribution in [0.25, 0.3) is 0 Å². The average Bonchev–Trinajstić information content (AvgIpc) is 3.16. The maximum absolute atomic E-state index is 4.60. The number of rotatable bonds is 4. The summed E-state index contributed by atoms with van der Waals surface area (Å²) in [5, 5.41) is 4.61. The molecule has 0 spiro atoms. The van der Waals surface area contributed by atoms with Crippen LogP contribution in [0.3, 0.4) is 0 Å². The summed E-state index contributed by atoms with van der Waals surface area (Å²) in [6.45, 7) is 7.10. The van der Waals surface area contributed by atoms with E-state index in [2.05, 4.69) is 64.4 Å². The first-order valence-electron chi connectivity index (χ1n) is 8.58. The molecule has 1 aromatic carbocycles. The second-order valence-electron chi connectivity index (χ2n) is 6.44. The lowest BCUT2D eigenvalue weighted by Crippen LogP contribution is -2.39. The third kappa shape index (κ3) is 4.15. The number of aromatic nitrogens is 1. The van der Waals surface area contributed by atoms with Gasteiger partial charge in [0, 0.05) is 25.0 Å². The molecule has 2 aromatic rings. The number of likely N-dealkylation sites (tertiary alicyclic amines) is 1. The Morgan fingerprint density at radius 2 is 2.12 bits per heavy atom. The number of guanidine groups is 1. The summed E-state index contributed by atoms with van der Waals surface area (Å²) in [6, 6.07) is 10.8. The number of nitrogens with zero attached hydrogens (tertiary/aromatic N) is 3. The molecule has 1 atom stereocenters. The predicted octanol–water partition coefficient (Wildman–Crippen LogP) is 3.40. The van der Waals surface area contributed by atoms with Crippen LogP contribution in [0.2, 0.25) is 0 Å². The first-order chi connectivity index (χ1) is 11.7. The van der Waals surface area contributed by atoms with E-state index >= 15 is 0 Å². The van der Waals surface area contributed by atoms with Gasteiger partial charge >= 0.3 is 0 Å². The lowest BCUT2D eigenvalue weighted by molar-refractivity contribution is 0.459. The van der Waals surface area contributed by atoms with Gasteiger partial charge in [-0.3, -0.25) is 4.99 Å². The van der Waals surface area contributed by atoms with Crippen LogP contribution in [0.1, 0.15) is 27.6 Å². The molecule has 1 N–H and O–H groups in total. The van der Waals surface area contributed by atoms with Crippen LogP contribution >= 0.6 is 11.3 Å². The zero-order valence-corrected chi connectivity index (χ0v) is 15.6. The molecule has 0 aliphatic carbocycles. The van der Waals surface area contributed by atoms with E-state index in [-0.39, 0.29) is 0 Å². The standard InChI is InChI=1S/C19H26N4S/c1-14-15(2)24-18(22-14)12-21-19(20-3)23-10-9-17(13-23)11-16-7-5-4-6-8-16/h4-8,17H,9-13H2,1-3H3,(H,20,21). The van der Waals surface area contributed by atoms with Crippen LogP contribution in [0, 0.1) is 19.8 Å². The van der Waals surface area contributed by atoms with Gasteiger partial charge in [-0.25, -0.2) is 4.98 Å². The molecule has 0 amide bonds. The molecule has 1 aromatic heterocycles. The summed E-state index contributed by atoms with van der Waals surface area (Å²) < 4.78 is 0. The van der Waals surface area contributed by atoms with Gasteiger partial charge in [0.05, 0.1) is 12.2 Å². The number of thiazole rings is 1. The molecular weight excluding hydrogens is 316 g/mol. The normalized spacial score (nSPS) is 18.2. The minimum absolute atomic E-state index is 0.704. The topological polar surface area (TPSA) is 40.5 Å². The molecule has 24 heavy (non-hydrogen) atoms. The maximum Gasteiger partial charge on any atom is 0.194 e. The molecule has 3 rings (SSSR count). The van der Waals surface area contributed by atoms with Crippen molar-refractivity contribution >= 4 is 17.3 Å². The Morgan fingerprint density at radius 1 is 1.33 bits per heavy atom. The second kappa shape index (κ2) is 7.79. The summed E-state index contributed by atoms with van der Waals surface area (Å²) in [4.78, 5) is 12.7. The zero-order valence-electron chi connectivity index (χ0n) is 14.7. The molecule has 1 unspecified atom stereocenters. The molecule has 0 radical (unpaired) electrons. The molecule has 128 valence electrons. The molecule has 1 saturated heterocycles. The predicted molar refractivity (Wildman–Crippen MR) is 102 cm³/mol. The first kappa shape index (κ1) is 17.0. The smallest absolute Gasteiger partial charge is 0.194 e. The highest BCUT2D eigenvalue weighted by Gasteiger charge is 2.25.